The normalized spacial score (nSPS) is 47.3. The van der Waals surface area contributed by atoms with E-state index in [4.69, 9.17) is 10.8 Å². The number of hydrogen-bond acceptors (Lipinski definition) is 6. The molecule has 0 aromatic heterocycles. The van der Waals surface area contributed by atoms with Crippen LogP contribution in [0.1, 0.15) is 0 Å². The summed E-state index contributed by atoms with van der Waals surface area (Å²) >= 11 is 0. The lowest BCUT2D eigenvalue weighted by atomic mass is 10.00. The molecular formula is C7H16N2O4. The predicted octanol–water partition coefficient (Wildman–Crippen LogP) is -3.64. The Morgan fingerprint density at radius 1 is 1.23 bits per heavy atom. The van der Waals surface area contributed by atoms with Crippen LogP contribution in [-0.2, 0) is 0 Å². The molecule has 0 amide bonds. The standard InChI is InChI=1S/C7H16N2O4/c8-5-4(11)1-9-3(2-10)6(12)7(5)13/h3-7,9-13H,1-2,8H2/t3-,4-,5+,6+,7+/m0/s1. The monoisotopic (exact) mass is 192 g/mol. The van der Waals surface area contributed by atoms with Gasteiger partial charge in [0.05, 0.1) is 37.0 Å². The highest BCUT2D eigenvalue weighted by Gasteiger charge is 2.36. The van der Waals surface area contributed by atoms with Crippen LogP contribution in [-0.4, -0.2) is 64.0 Å². The Bertz CT molecular complexity index is 167. The molecule has 1 fully saturated rings. The van der Waals surface area contributed by atoms with Gasteiger partial charge in [-0.1, -0.05) is 0 Å². The van der Waals surface area contributed by atoms with Crippen molar-refractivity contribution >= 4 is 0 Å². The molecule has 1 rings (SSSR count). The van der Waals surface area contributed by atoms with Gasteiger partial charge in [0.25, 0.3) is 0 Å². The summed E-state index contributed by atoms with van der Waals surface area (Å²) in [5.74, 6) is 0. The summed E-state index contributed by atoms with van der Waals surface area (Å²) in [5.41, 5.74) is 5.45. The molecule has 0 radical (unpaired) electrons. The Labute approximate surface area is 76.0 Å². The van der Waals surface area contributed by atoms with E-state index >= 15 is 0 Å². The van der Waals surface area contributed by atoms with Gasteiger partial charge in [-0.2, -0.15) is 0 Å². The van der Waals surface area contributed by atoms with Gasteiger partial charge in [-0.25, -0.2) is 0 Å². The first kappa shape index (κ1) is 10.8. The second-order valence-electron chi connectivity index (χ2n) is 3.32. The minimum Gasteiger partial charge on any atom is -0.395 e. The lowest BCUT2D eigenvalue weighted by molar-refractivity contribution is -0.0310. The third-order valence-corrected chi connectivity index (χ3v) is 2.39. The number of nitrogens with one attached hydrogen (secondary N) is 1. The van der Waals surface area contributed by atoms with Gasteiger partial charge in [0.1, 0.15) is 0 Å². The summed E-state index contributed by atoms with van der Waals surface area (Å²) in [6, 6.07) is -1.53. The average molecular weight is 192 g/mol. The highest BCUT2D eigenvalue weighted by atomic mass is 16.3. The van der Waals surface area contributed by atoms with Crippen molar-refractivity contribution in [2.24, 2.45) is 5.73 Å². The van der Waals surface area contributed by atoms with E-state index in [-0.39, 0.29) is 13.2 Å². The van der Waals surface area contributed by atoms with Crippen LogP contribution < -0.4 is 11.1 Å². The molecule has 1 heterocycles. The van der Waals surface area contributed by atoms with Crippen LogP contribution in [0.4, 0.5) is 0 Å². The zero-order chi connectivity index (χ0) is 10.0. The van der Waals surface area contributed by atoms with E-state index in [1.807, 2.05) is 0 Å². The molecule has 0 spiro atoms. The van der Waals surface area contributed by atoms with Crippen LogP contribution in [0.3, 0.4) is 0 Å². The van der Waals surface area contributed by atoms with Crippen LogP contribution in [0.2, 0.25) is 0 Å². The number of hydrogen-bond donors (Lipinski definition) is 6. The van der Waals surface area contributed by atoms with Gasteiger partial charge in [0, 0.05) is 6.54 Å². The molecule has 0 aromatic carbocycles. The van der Waals surface area contributed by atoms with Crippen LogP contribution in [0.15, 0.2) is 0 Å². The van der Waals surface area contributed by atoms with Crippen molar-refractivity contribution < 1.29 is 20.4 Å². The summed E-state index contributed by atoms with van der Waals surface area (Å²) in [6.07, 6.45) is -3.29. The van der Waals surface area contributed by atoms with Crippen LogP contribution >= 0.6 is 0 Å². The van der Waals surface area contributed by atoms with Crippen molar-refractivity contribution in [2.75, 3.05) is 13.2 Å². The fraction of sp³-hybridized carbons (Fsp3) is 1.00. The third kappa shape index (κ3) is 2.16. The molecule has 7 N–H and O–H groups in total. The number of aliphatic hydroxyl groups is 4. The number of nitrogens with two attached hydrogens (primary N) is 1. The second-order valence-corrected chi connectivity index (χ2v) is 3.32. The fourth-order valence-electron chi connectivity index (χ4n) is 1.39. The lowest BCUT2D eigenvalue weighted by Crippen LogP contribution is -2.52. The quantitative estimate of drug-likeness (QED) is 0.255. The topological polar surface area (TPSA) is 119 Å². The molecule has 6 nitrogen and oxygen atoms in total. The molecule has 78 valence electrons. The molecule has 0 saturated carbocycles. The van der Waals surface area contributed by atoms with Gasteiger partial charge < -0.3 is 31.5 Å². The number of aliphatic hydroxyl groups excluding tert-OH is 4. The molecule has 0 aliphatic carbocycles. The van der Waals surface area contributed by atoms with E-state index in [1.165, 1.54) is 0 Å². The summed E-state index contributed by atoms with van der Waals surface area (Å²) in [6.45, 7) is -0.155. The SMILES string of the molecule is N[C@H]1[C@@H](O)[C@H](O)[C@H](CO)NC[C@@H]1O. The van der Waals surface area contributed by atoms with E-state index in [9.17, 15) is 15.3 Å². The first-order valence-electron chi connectivity index (χ1n) is 4.22. The predicted molar refractivity (Wildman–Crippen MR) is 44.9 cm³/mol. The van der Waals surface area contributed by atoms with Gasteiger partial charge in [0.15, 0.2) is 0 Å². The van der Waals surface area contributed by atoms with Gasteiger partial charge >= 0.3 is 0 Å². The van der Waals surface area contributed by atoms with E-state index in [0.717, 1.165) is 0 Å². The minimum atomic E-state index is -1.22. The Morgan fingerprint density at radius 3 is 2.38 bits per heavy atom. The molecule has 1 aliphatic heterocycles. The Kier molecular flexibility index (Phi) is 3.60. The highest BCUT2D eigenvalue weighted by Crippen LogP contribution is 2.10. The molecule has 0 unspecified atom stereocenters. The fourth-order valence-corrected chi connectivity index (χ4v) is 1.39. The first-order valence-corrected chi connectivity index (χ1v) is 4.22. The average Bonchev–Trinajstić information content (AvgIpc) is 2.22. The number of rotatable bonds is 1. The van der Waals surface area contributed by atoms with E-state index in [2.05, 4.69) is 5.32 Å². The summed E-state index contributed by atoms with van der Waals surface area (Å²) < 4.78 is 0. The maximum Gasteiger partial charge on any atom is 0.0991 e. The third-order valence-electron chi connectivity index (χ3n) is 2.39. The van der Waals surface area contributed by atoms with Crippen molar-refractivity contribution in [3.63, 3.8) is 0 Å². The molecule has 13 heavy (non-hydrogen) atoms. The smallest absolute Gasteiger partial charge is 0.0991 e. The highest BCUT2D eigenvalue weighted by molar-refractivity contribution is 4.95. The minimum absolute atomic E-state index is 0.153. The summed E-state index contributed by atoms with van der Waals surface area (Å²) in [5, 5.41) is 39.7. The second kappa shape index (κ2) is 4.32. The van der Waals surface area contributed by atoms with Gasteiger partial charge in [-0.15, -0.1) is 0 Å². The van der Waals surface area contributed by atoms with Crippen LogP contribution in [0, 0.1) is 0 Å². The van der Waals surface area contributed by atoms with Crippen LogP contribution in [0.5, 0.6) is 0 Å². The number of β-amino-alcohol motifs (C(OH)–C–C–N with tert-alkyl or cyclic N) is 1. The lowest BCUT2D eigenvalue weighted by Gasteiger charge is -2.25. The summed E-state index contributed by atoms with van der Waals surface area (Å²) in [4.78, 5) is 0. The molecule has 0 aromatic rings. The molecule has 6 heteroatoms. The molecular weight excluding hydrogens is 176 g/mol. The Balaban J connectivity index is 2.69. The molecule has 5 atom stereocenters. The van der Waals surface area contributed by atoms with E-state index in [0.29, 0.717) is 0 Å². The van der Waals surface area contributed by atoms with Crippen molar-refractivity contribution in [3.8, 4) is 0 Å². The Morgan fingerprint density at radius 2 is 1.85 bits per heavy atom. The molecule has 1 saturated heterocycles. The van der Waals surface area contributed by atoms with Gasteiger partial charge in [-0.3, -0.25) is 0 Å². The largest absolute Gasteiger partial charge is 0.395 e. The van der Waals surface area contributed by atoms with Crippen LogP contribution in [0.25, 0.3) is 0 Å². The first-order chi connectivity index (χ1) is 6.07. The summed E-state index contributed by atoms with van der Waals surface area (Å²) in [7, 11) is 0. The van der Waals surface area contributed by atoms with Crippen molar-refractivity contribution in [2.45, 2.75) is 30.4 Å². The maximum absolute atomic E-state index is 9.44. The zero-order valence-electron chi connectivity index (χ0n) is 7.17. The molecule has 0 bridgehead atoms. The zero-order valence-corrected chi connectivity index (χ0v) is 7.17. The van der Waals surface area contributed by atoms with Gasteiger partial charge in [-0.05, 0) is 0 Å². The Hall–Kier alpha value is -0.240. The van der Waals surface area contributed by atoms with Crippen molar-refractivity contribution in [1.29, 1.82) is 0 Å². The van der Waals surface area contributed by atoms with E-state index < -0.39 is 30.4 Å². The van der Waals surface area contributed by atoms with Gasteiger partial charge in [0.2, 0.25) is 0 Å². The van der Waals surface area contributed by atoms with Crippen molar-refractivity contribution in [3.05, 3.63) is 0 Å². The van der Waals surface area contributed by atoms with E-state index in [1.54, 1.807) is 0 Å². The molecule has 1 aliphatic rings. The maximum atomic E-state index is 9.44. The van der Waals surface area contributed by atoms with Crippen molar-refractivity contribution in [1.82, 2.24) is 5.32 Å².